The fourth-order valence-electron chi connectivity index (χ4n) is 1.28. The number of nitrogens with zero attached hydrogens (tertiary/aromatic N) is 4. The van der Waals surface area contributed by atoms with E-state index in [1.165, 1.54) is 0 Å². The molecule has 0 unspecified atom stereocenters. The van der Waals surface area contributed by atoms with Gasteiger partial charge in [0.25, 0.3) is 0 Å². The first-order chi connectivity index (χ1) is 8.20. The van der Waals surface area contributed by atoms with Crippen LogP contribution in [0.3, 0.4) is 0 Å². The molecule has 0 aliphatic carbocycles. The molecule has 1 aromatic heterocycles. The molecular weight excluding hydrogens is 263 g/mol. The number of benzene rings is 1. The largest absolute Gasteiger partial charge is 0.361 e. The van der Waals surface area contributed by atoms with Gasteiger partial charge in [-0.25, -0.2) is 0 Å². The van der Waals surface area contributed by atoms with E-state index in [1.807, 2.05) is 0 Å². The van der Waals surface area contributed by atoms with Crippen molar-refractivity contribution < 1.29 is 4.52 Å². The molecule has 0 radical (unpaired) electrons. The SMILES string of the molecule is [N-]=[N+]=NCc1cc(-c2ccc(Cl)c(Cl)c2)no1. The molecule has 1 aromatic carbocycles. The molecular formula is C10H6Cl2N4O. The van der Waals surface area contributed by atoms with Crippen LogP contribution in [-0.4, -0.2) is 5.16 Å². The Morgan fingerprint density at radius 2 is 2.12 bits per heavy atom. The summed E-state index contributed by atoms with van der Waals surface area (Å²) in [6.45, 7) is 0.130. The Morgan fingerprint density at radius 3 is 2.82 bits per heavy atom. The van der Waals surface area contributed by atoms with Crippen LogP contribution in [0.5, 0.6) is 0 Å². The minimum Gasteiger partial charge on any atom is -0.361 e. The second-order valence-electron chi connectivity index (χ2n) is 3.20. The van der Waals surface area contributed by atoms with Crippen molar-refractivity contribution >= 4 is 23.2 Å². The van der Waals surface area contributed by atoms with Gasteiger partial charge in [0.2, 0.25) is 0 Å². The number of hydrogen-bond donors (Lipinski definition) is 0. The maximum Gasteiger partial charge on any atom is 0.143 e. The Balaban J connectivity index is 2.30. The normalized spacial score (nSPS) is 10.0. The third-order valence-electron chi connectivity index (χ3n) is 2.06. The summed E-state index contributed by atoms with van der Waals surface area (Å²) in [5.41, 5.74) is 9.59. The summed E-state index contributed by atoms with van der Waals surface area (Å²) in [4.78, 5) is 2.64. The van der Waals surface area contributed by atoms with Gasteiger partial charge in [0, 0.05) is 16.5 Å². The number of hydrogen-bond acceptors (Lipinski definition) is 3. The fourth-order valence-corrected chi connectivity index (χ4v) is 1.58. The van der Waals surface area contributed by atoms with Crippen LogP contribution in [0.25, 0.3) is 21.7 Å². The van der Waals surface area contributed by atoms with Crippen LogP contribution in [0, 0.1) is 0 Å². The standard InChI is InChI=1S/C10H6Cl2N4O/c11-8-2-1-6(3-9(8)12)10-4-7(17-15-10)5-14-16-13/h1-4H,5H2. The van der Waals surface area contributed by atoms with E-state index < -0.39 is 0 Å². The highest BCUT2D eigenvalue weighted by molar-refractivity contribution is 6.42. The lowest BCUT2D eigenvalue weighted by Gasteiger charge is -1.98. The van der Waals surface area contributed by atoms with Gasteiger partial charge in [-0.1, -0.05) is 39.5 Å². The number of halogens is 2. The molecule has 17 heavy (non-hydrogen) atoms. The molecule has 0 saturated carbocycles. The summed E-state index contributed by atoms with van der Waals surface area (Å²) in [6.07, 6.45) is 0. The molecule has 7 heteroatoms. The number of aromatic nitrogens is 1. The average Bonchev–Trinajstić information content (AvgIpc) is 2.79. The van der Waals surface area contributed by atoms with Crippen molar-refractivity contribution in [3.63, 3.8) is 0 Å². The Bertz CT molecular complexity index is 590. The molecule has 0 aliphatic rings. The van der Waals surface area contributed by atoms with Gasteiger partial charge in [0.15, 0.2) is 0 Å². The van der Waals surface area contributed by atoms with Crippen LogP contribution in [0.1, 0.15) is 5.76 Å². The van der Waals surface area contributed by atoms with E-state index in [0.29, 0.717) is 21.5 Å². The first-order valence-corrected chi connectivity index (χ1v) is 5.38. The van der Waals surface area contributed by atoms with E-state index in [2.05, 4.69) is 15.2 Å². The highest BCUT2D eigenvalue weighted by Crippen LogP contribution is 2.28. The minimum atomic E-state index is 0.130. The second-order valence-corrected chi connectivity index (χ2v) is 4.01. The van der Waals surface area contributed by atoms with Gasteiger partial charge in [0.1, 0.15) is 11.5 Å². The number of azide groups is 1. The zero-order valence-electron chi connectivity index (χ0n) is 8.47. The Hall–Kier alpha value is -1.68. The van der Waals surface area contributed by atoms with E-state index in [0.717, 1.165) is 5.56 Å². The topological polar surface area (TPSA) is 74.8 Å². The van der Waals surface area contributed by atoms with Crippen LogP contribution in [0.2, 0.25) is 10.0 Å². The van der Waals surface area contributed by atoms with Crippen molar-refractivity contribution in [3.8, 4) is 11.3 Å². The molecule has 0 N–H and O–H groups in total. The van der Waals surface area contributed by atoms with Gasteiger partial charge in [-0.05, 0) is 17.7 Å². The summed E-state index contributed by atoms with van der Waals surface area (Å²) >= 11 is 11.7. The minimum absolute atomic E-state index is 0.130. The Kier molecular flexibility index (Phi) is 3.54. The van der Waals surface area contributed by atoms with Crippen molar-refractivity contribution in [1.29, 1.82) is 0 Å². The van der Waals surface area contributed by atoms with Crippen LogP contribution < -0.4 is 0 Å². The smallest absolute Gasteiger partial charge is 0.143 e. The van der Waals surface area contributed by atoms with Crippen molar-refractivity contribution in [2.45, 2.75) is 6.54 Å². The third kappa shape index (κ3) is 2.71. The first kappa shape index (κ1) is 11.8. The lowest BCUT2D eigenvalue weighted by atomic mass is 10.1. The zero-order chi connectivity index (χ0) is 12.3. The molecule has 1 heterocycles. The molecule has 5 nitrogen and oxygen atoms in total. The second kappa shape index (κ2) is 5.10. The summed E-state index contributed by atoms with van der Waals surface area (Å²) in [7, 11) is 0. The van der Waals surface area contributed by atoms with E-state index in [-0.39, 0.29) is 6.54 Å². The van der Waals surface area contributed by atoms with Crippen LogP contribution in [-0.2, 0) is 6.54 Å². The van der Waals surface area contributed by atoms with Crippen LogP contribution >= 0.6 is 23.2 Å². The van der Waals surface area contributed by atoms with Gasteiger partial charge >= 0.3 is 0 Å². The molecule has 0 spiro atoms. The van der Waals surface area contributed by atoms with E-state index in [4.69, 9.17) is 33.3 Å². The predicted octanol–water partition coefficient (Wildman–Crippen LogP) is 4.46. The van der Waals surface area contributed by atoms with Crippen molar-refractivity contribution in [2.75, 3.05) is 0 Å². The van der Waals surface area contributed by atoms with Gasteiger partial charge in [-0.3, -0.25) is 0 Å². The fraction of sp³-hybridized carbons (Fsp3) is 0.100. The lowest BCUT2D eigenvalue weighted by Crippen LogP contribution is -1.77. The maximum atomic E-state index is 8.18. The first-order valence-electron chi connectivity index (χ1n) is 4.62. The lowest BCUT2D eigenvalue weighted by molar-refractivity contribution is 0.387. The van der Waals surface area contributed by atoms with Crippen molar-refractivity contribution in [2.24, 2.45) is 5.11 Å². The van der Waals surface area contributed by atoms with Gasteiger partial charge < -0.3 is 4.52 Å². The third-order valence-corrected chi connectivity index (χ3v) is 2.80. The van der Waals surface area contributed by atoms with Crippen molar-refractivity contribution in [3.05, 3.63) is 50.5 Å². The van der Waals surface area contributed by atoms with Gasteiger partial charge in [-0.15, -0.1) is 0 Å². The molecule has 2 aromatic rings. The van der Waals surface area contributed by atoms with E-state index in [1.54, 1.807) is 24.3 Å². The molecule has 86 valence electrons. The monoisotopic (exact) mass is 268 g/mol. The Labute approximate surface area is 107 Å². The highest BCUT2D eigenvalue weighted by Gasteiger charge is 2.07. The summed E-state index contributed by atoms with van der Waals surface area (Å²) < 4.78 is 5.00. The van der Waals surface area contributed by atoms with Crippen LogP contribution in [0.4, 0.5) is 0 Å². The molecule has 0 atom stereocenters. The van der Waals surface area contributed by atoms with Gasteiger partial charge in [-0.2, -0.15) is 0 Å². The molecule has 0 amide bonds. The average molecular weight is 269 g/mol. The summed E-state index contributed by atoms with van der Waals surface area (Å²) in [5, 5.41) is 8.16. The highest BCUT2D eigenvalue weighted by atomic mass is 35.5. The molecule has 0 aliphatic heterocycles. The number of rotatable bonds is 3. The molecule has 0 fully saturated rings. The molecule has 2 rings (SSSR count). The molecule has 0 bridgehead atoms. The Morgan fingerprint density at radius 1 is 1.29 bits per heavy atom. The quantitative estimate of drug-likeness (QED) is 0.468. The zero-order valence-corrected chi connectivity index (χ0v) is 9.98. The van der Waals surface area contributed by atoms with E-state index in [9.17, 15) is 0 Å². The summed E-state index contributed by atoms with van der Waals surface area (Å²) in [6, 6.07) is 6.84. The van der Waals surface area contributed by atoms with Gasteiger partial charge in [0.05, 0.1) is 16.6 Å². The van der Waals surface area contributed by atoms with Crippen molar-refractivity contribution in [1.82, 2.24) is 5.16 Å². The maximum absolute atomic E-state index is 8.18. The van der Waals surface area contributed by atoms with E-state index >= 15 is 0 Å². The molecule has 0 saturated heterocycles. The van der Waals surface area contributed by atoms with Crippen LogP contribution in [0.15, 0.2) is 33.9 Å². The predicted molar refractivity (Wildman–Crippen MR) is 64.8 cm³/mol. The summed E-state index contributed by atoms with van der Waals surface area (Å²) in [5.74, 6) is 0.490.